The minimum atomic E-state index is -0.800. The second-order valence-corrected chi connectivity index (χ2v) is 3.95. The minimum absolute atomic E-state index is 0.00121. The highest BCUT2D eigenvalue weighted by Crippen LogP contribution is 2.12. The molecule has 1 heterocycles. The fraction of sp³-hybridized carbons (Fsp3) is 0.417. The second-order valence-electron chi connectivity index (χ2n) is 3.95. The number of nitrogens with one attached hydrogen (secondary N) is 1. The quantitative estimate of drug-likeness (QED) is 0.797. The van der Waals surface area contributed by atoms with Crippen LogP contribution in [0.3, 0.4) is 0 Å². The van der Waals surface area contributed by atoms with Gasteiger partial charge < -0.3 is 15.2 Å². The Balaban J connectivity index is 1.78. The van der Waals surface area contributed by atoms with Gasteiger partial charge in [-0.2, -0.15) is 0 Å². The Kier molecular flexibility index (Phi) is 3.54. The van der Waals surface area contributed by atoms with Crippen LogP contribution >= 0.6 is 0 Å². The largest absolute Gasteiger partial charge is 0.480 e. The lowest BCUT2D eigenvalue weighted by molar-refractivity contribution is -0.139. The first kappa shape index (κ1) is 11.1. The Labute approximate surface area is 94.2 Å². The molecule has 0 aromatic heterocycles. The van der Waals surface area contributed by atoms with Gasteiger partial charge in [0.05, 0.1) is 12.7 Å². The van der Waals surface area contributed by atoms with Crippen LogP contribution in [0.5, 0.6) is 0 Å². The van der Waals surface area contributed by atoms with Gasteiger partial charge in [0.1, 0.15) is 6.04 Å². The lowest BCUT2D eigenvalue weighted by Gasteiger charge is -2.10. The van der Waals surface area contributed by atoms with E-state index in [-0.39, 0.29) is 6.10 Å². The lowest BCUT2D eigenvalue weighted by Crippen LogP contribution is -2.29. The van der Waals surface area contributed by atoms with Crippen molar-refractivity contribution in [1.82, 2.24) is 5.32 Å². The van der Waals surface area contributed by atoms with E-state index in [2.05, 4.69) is 5.32 Å². The van der Waals surface area contributed by atoms with Gasteiger partial charge in [0, 0.05) is 13.0 Å². The fourth-order valence-electron chi connectivity index (χ4n) is 1.81. The molecule has 2 N–H and O–H groups in total. The van der Waals surface area contributed by atoms with Crippen LogP contribution in [0.25, 0.3) is 0 Å². The molecule has 1 aromatic carbocycles. The number of carboxylic acids is 1. The number of benzene rings is 1. The van der Waals surface area contributed by atoms with Crippen molar-refractivity contribution in [2.45, 2.75) is 25.2 Å². The summed E-state index contributed by atoms with van der Waals surface area (Å²) in [6, 6.07) is 9.42. The molecule has 4 heteroatoms. The third-order valence-electron chi connectivity index (χ3n) is 2.72. The molecule has 0 radical (unpaired) electrons. The Morgan fingerprint density at radius 1 is 1.44 bits per heavy atom. The second kappa shape index (κ2) is 5.09. The van der Waals surface area contributed by atoms with Crippen LogP contribution in [0.15, 0.2) is 30.3 Å². The summed E-state index contributed by atoms with van der Waals surface area (Å²) in [4.78, 5) is 10.7. The van der Waals surface area contributed by atoms with Gasteiger partial charge in [-0.3, -0.25) is 4.79 Å². The molecule has 0 bridgehead atoms. The summed E-state index contributed by atoms with van der Waals surface area (Å²) in [7, 11) is 0. The molecule has 0 aliphatic carbocycles. The molecule has 2 atom stereocenters. The molecule has 1 fully saturated rings. The Morgan fingerprint density at radius 3 is 2.81 bits per heavy atom. The first-order valence-electron chi connectivity index (χ1n) is 5.37. The van der Waals surface area contributed by atoms with Crippen molar-refractivity contribution in [3.63, 3.8) is 0 Å². The standard InChI is InChI=1S/C12H15NO3/c14-12(15)11-6-10(7-13-11)16-8-9-4-2-1-3-5-9/h1-5,10-11,13H,6-8H2,(H,14,15)/t10-,11-/m1/s1. The summed E-state index contributed by atoms with van der Waals surface area (Å²) in [6.07, 6.45) is 0.545. The molecule has 1 saturated heterocycles. The highest BCUT2D eigenvalue weighted by atomic mass is 16.5. The Bertz CT molecular complexity index is 353. The number of aliphatic carboxylic acids is 1. The van der Waals surface area contributed by atoms with Gasteiger partial charge >= 0.3 is 5.97 Å². The number of carbonyl (C=O) groups is 1. The molecule has 1 aliphatic heterocycles. The predicted molar refractivity (Wildman–Crippen MR) is 59.1 cm³/mol. The number of ether oxygens (including phenoxy) is 1. The van der Waals surface area contributed by atoms with E-state index < -0.39 is 12.0 Å². The maximum atomic E-state index is 10.7. The molecule has 1 aromatic rings. The van der Waals surface area contributed by atoms with E-state index in [1.54, 1.807) is 0 Å². The van der Waals surface area contributed by atoms with Crippen molar-refractivity contribution in [3.8, 4) is 0 Å². The van der Waals surface area contributed by atoms with Gasteiger partial charge in [0.25, 0.3) is 0 Å². The molecule has 0 amide bonds. The molecule has 1 aliphatic rings. The summed E-state index contributed by atoms with van der Waals surface area (Å²) < 4.78 is 5.64. The summed E-state index contributed by atoms with van der Waals surface area (Å²) in [5.74, 6) is -0.800. The monoisotopic (exact) mass is 221 g/mol. The summed E-state index contributed by atoms with van der Waals surface area (Å²) >= 11 is 0. The lowest BCUT2D eigenvalue weighted by atomic mass is 10.2. The van der Waals surface area contributed by atoms with Gasteiger partial charge in [-0.25, -0.2) is 0 Å². The van der Waals surface area contributed by atoms with Crippen LogP contribution in [0, 0.1) is 0 Å². The highest BCUT2D eigenvalue weighted by Gasteiger charge is 2.29. The van der Waals surface area contributed by atoms with Gasteiger partial charge in [-0.15, -0.1) is 0 Å². The van der Waals surface area contributed by atoms with Crippen LogP contribution in [-0.4, -0.2) is 29.8 Å². The molecule has 2 rings (SSSR count). The molecule has 86 valence electrons. The number of hydrogen-bond donors (Lipinski definition) is 2. The first-order valence-corrected chi connectivity index (χ1v) is 5.37. The molecule has 4 nitrogen and oxygen atoms in total. The molecular formula is C12H15NO3. The van der Waals surface area contributed by atoms with Crippen LogP contribution in [0.2, 0.25) is 0 Å². The van der Waals surface area contributed by atoms with Crippen molar-refractivity contribution in [1.29, 1.82) is 0 Å². The molecular weight excluding hydrogens is 206 g/mol. The first-order chi connectivity index (χ1) is 7.75. The van der Waals surface area contributed by atoms with Crippen LogP contribution < -0.4 is 5.32 Å². The predicted octanol–water partition coefficient (Wildman–Crippen LogP) is 1.02. The fourth-order valence-corrected chi connectivity index (χ4v) is 1.81. The summed E-state index contributed by atoms with van der Waals surface area (Å²) in [5, 5.41) is 11.7. The van der Waals surface area contributed by atoms with Crippen molar-refractivity contribution in [2.75, 3.05) is 6.54 Å². The average Bonchev–Trinajstić information content (AvgIpc) is 2.76. The topological polar surface area (TPSA) is 58.6 Å². The third-order valence-corrected chi connectivity index (χ3v) is 2.72. The van der Waals surface area contributed by atoms with E-state index in [0.717, 1.165) is 5.56 Å². The van der Waals surface area contributed by atoms with Crippen molar-refractivity contribution < 1.29 is 14.6 Å². The molecule has 0 saturated carbocycles. The van der Waals surface area contributed by atoms with E-state index in [0.29, 0.717) is 19.6 Å². The van der Waals surface area contributed by atoms with E-state index in [1.165, 1.54) is 0 Å². The van der Waals surface area contributed by atoms with Gasteiger partial charge in [0.2, 0.25) is 0 Å². The zero-order valence-corrected chi connectivity index (χ0v) is 8.93. The zero-order chi connectivity index (χ0) is 11.4. The molecule has 16 heavy (non-hydrogen) atoms. The van der Waals surface area contributed by atoms with Gasteiger partial charge in [-0.05, 0) is 5.56 Å². The van der Waals surface area contributed by atoms with E-state index in [9.17, 15) is 4.79 Å². The Hall–Kier alpha value is -1.39. The Morgan fingerprint density at radius 2 is 2.19 bits per heavy atom. The summed E-state index contributed by atoms with van der Waals surface area (Å²) in [5.41, 5.74) is 1.11. The molecule has 0 spiro atoms. The minimum Gasteiger partial charge on any atom is -0.480 e. The SMILES string of the molecule is O=C(O)[C@H]1C[C@@H](OCc2ccccc2)CN1. The number of carboxylic acid groups (broad SMARTS) is 1. The average molecular weight is 221 g/mol. The number of hydrogen-bond acceptors (Lipinski definition) is 3. The normalized spacial score (nSPS) is 24.5. The molecule has 0 unspecified atom stereocenters. The maximum absolute atomic E-state index is 10.7. The maximum Gasteiger partial charge on any atom is 0.320 e. The van der Waals surface area contributed by atoms with Crippen LogP contribution in [0.4, 0.5) is 0 Å². The van der Waals surface area contributed by atoms with E-state index >= 15 is 0 Å². The van der Waals surface area contributed by atoms with Crippen LogP contribution in [0.1, 0.15) is 12.0 Å². The summed E-state index contributed by atoms with van der Waals surface area (Å²) in [6.45, 7) is 1.16. The third kappa shape index (κ3) is 2.81. The van der Waals surface area contributed by atoms with Crippen molar-refractivity contribution >= 4 is 5.97 Å². The highest BCUT2D eigenvalue weighted by molar-refractivity contribution is 5.73. The van der Waals surface area contributed by atoms with Gasteiger partial charge in [0.15, 0.2) is 0 Å². The van der Waals surface area contributed by atoms with E-state index in [1.807, 2.05) is 30.3 Å². The van der Waals surface area contributed by atoms with Gasteiger partial charge in [-0.1, -0.05) is 30.3 Å². The van der Waals surface area contributed by atoms with Crippen molar-refractivity contribution in [2.24, 2.45) is 0 Å². The number of rotatable bonds is 4. The zero-order valence-electron chi connectivity index (χ0n) is 8.93. The van der Waals surface area contributed by atoms with Crippen molar-refractivity contribution in [3.05, 3.63) is 35.9 Å². The van der Waals surface area contributed by atoms with Crippen LogP contribution in [-0.2, 0) is 16.1 Å². The van der Waals surface area contributed by atoms with E-state index in [4.69, 9.17) is 9.84 Å². The smallest absolute Gasteiger partial charge is 0.320 e.